The predicted molar refractivity (Wildman–Crippen MR) is 31.3 cm³/mol. The van der Waals surface area contributed by atoms with E-state index < -0.39 is 12.3 Å². The summed E-state index contributed by atoms with van der Waals surface area (Å²) in [5.41, 5.74) is 0. The van der Waals surface area contributed by atoms with Crippen molar-refractivity contribution in [1.82, 2.24) is 0 Å². The molecule has 0 rings (SSSR count). The third-order valence-electron chi connectivity index (χ3n) is 0. The van der Waals surface area contributed by atoms with Crippen LogP contribution in [0.1, 0.15) is 12.8 Å². The Bertz CT molecular complexity index is 106. The number of hydrogen-bond donors (Lipinski definition) is 4. The minimum atomic E-state index is -1.83. The summed E-state index contributed by atoms with van der Waals surface area (Å²) in [6, 6.07) is 0. The van der Waals surface area contributed by atoms with E-state index in [-0.39, 0.29) is 279 Å². The first-order chi connectivity index (χ1) is 3.46. The Labute approximate surface area is 313 Å². The van der Waals surface area contributed by atoms with E-state index in [2.05, 4.69) is 0 Å². The van der Waals surface area contributed by atoms with Gasteiger partial charge in [-0.25, -0.2) is 9.59 Å². The standard InChI is InChI=1S/2CH2O3.9Na.9H/c2*2-1(3)4;;;;;;;;;;;;;;;;;;/h2*(H2,2,3,4);;;;;;;;;;;;;;;;;;/q;;9*+1;9*-1. The molecule has 0 unspecified atom stereocenters. The normalized spacial score (nSPS) is 2.82. The van der Waals surface area contributed by atoms with E-state index in [0.29, 0.717) is 0 Å². The van der Waals surface area contributed by atoms with Crippen LogP contribution in [0.15, 0.2) is 0 Å². The summed E-state index contributed by atoms with van der Waals surface area (Å²) < 4.78 is 0. The molecule has 0 aromatic rings. The van der Waals surface area contributed by atoms with E-state index in [9.17, 15) is 0 Å². The Morgan fingerprint density at radius 1 is 0.471 bits per heavy atom. The van der Waals surface area contributed by atoms with E-state index in [1.54, 1.807) is 0 Å². The molecule has 0 aromatic heterocycles. The number of hydrogen-bond acceptors (Lipinski definition) is 2. The molecule has 0 aromatic carbocycles. The fraction of sp³-hybridized carbons (Fsp3) is 0. The Morgan fingerprint density at radius 2 is 0.471 bits per heavy atom. The van der Waals surface area contributed by atoms with Gasteiger partial charge in [0.05, 0.1) is 0 Å². The van der Waals surface area contributed by atoms with Crippen LogP contribution >= 0.6 is 0 Å². The second kappa shape index (κ2) is 65.2. The predicted octanol–water partition coefficient (Wildman–Crippen LogP) is -25.5. The van der Waals surface area contributed by atoms with Crippen molar-refractivity contribution >= 4 is 12.3 Å². The molecule has 0 heterocycles. The summed E-state index contributed by atoms with van der Waals surface area (Å²) in [5.74, 6) is 0. The maximum absolute atomic E-state index is 8.56. The second-order valence-electron chi connectivity index (χ2n) is 0.565. The van der Waals surface area contributed by atoms with Gasteiger partial charge in [-0.2, -0.15) is 0 Å². The number of carboxylic acid groups (broad SMARTS) is 4. The van der Waals surface area contributed by atoms with E-state index in [4.69, 9.17) is 30.0 Å². The monoisotopic (exact) mass is 340 g/mol. The molecule has 17 heavy (non-hydrogen) atoms. The molecule has 0 atom stereocenters. The van der Waals surface area contributed by atoms with E-state index in [0.717, 1.165) is 0 Å². The minimum Gasteiger partial charge on any atom is -1.00 e. The van der Waals surface area contributed by atoms with Crippen molar-refractivity contribution in [3.05, 3.63) is 0 Å². The quantitative estimate of drug-likeness (QED) is 0.326. The molecule has 0 aliphatic heterocycles. The average molecular weight is 340 g/mol. The third-order valence-corrected chi connectivity index (χ3v) is 0. The van der Waals surface area contributed by atoms with Crippen molar-refractivity contribution in [2.24, 2.45) is 0 Å². The molecule has 0 bridgehead atoms. The molecule has 0 amide bonds. The van der Waals surface area contributed by atoms with E-state index in [1.807, 2.05) is 0 Å². The molecule has 0 fully saturated rings. The van der Waals surface area contributed by atoms with Gasteiger partial charge in [-0.05, 0) is 0 Å². The molecule has 66 valence electrons. The van der Waals surface area contributed by atoms with Crippen LogP contribution in [0.25, 0.3) is 0 Å². The smallest absolute Gasteiger partial charge is 1.00 e. The molecule has 0 saturated heterocycles. The molecule has 0 spiro atoms. The van der Waals surface area contributed by atoms with Gasteiger partial charge in [-0.1, -0.05) is 0 Å². The number of carbonyl (C=O) groups is 2. The second-order valence-corrected chi connectivity index (χ2v) is 0.565. The molecule has 15 heteroatoms. The topological polar surface area (TPSA) is 115 Å². The van der Waals surface area contributed by atoms with Crippen LogP contribution in [0.3, 0.4) is 0 Å². The Hall–Kier alpha value is 7.54. The van der Waals surface area contributed by atoms with Crippen molar-refractivity contribution in [1.29, 1.82) is 0 Å². The largest absolute Gasteiger partial charge is 1.00 e. The summed E-state index contributed by atoms with van der Waals surface area (Å²) in [7, 11) is 0. The molecule has 0 aliphatic carbocycles. The van der Waals surface area contributed by atoms with Crippen LogP contribution in [0.2, 0.25) is 0 Å². The Balaban J connectivity index is -0.000000000909. The summed E-state index contributed by atoms with van der Waals surface area (Å²) in [6.07, 6.45) is -3.67. The van der Waals surface area contributed by atoms with Crippen molar-refractivity contribution in [2.75, 3.05) is 0 Å². The molecular weight excluding hydrogens is 327 g/mol. The minimum absolute atomic E-state index is 0. The van der Waals surface area contributed by atoms with Gasteiger partial charge in [0.2, 0.25) is 0 Å². The van der Waals surface area contributed by atoms with Crippen LogP contribution in [-0.4, -0.2) is 32.7 Å². The Morgan fingerprint density at radius 3 is 0.471 bits per heavy atom. The summed E-state index contributed by atoms with van der Waals surface area (Å²) in [4.78, 5) is 17.1. The van der Waals surface area contributed by atoms with Gasteiger partial charge in [0, 0.05) is 0 Å². The molecule has 0 aliphatic rings. The third kappa shape index (κ3) is 192. The fourth-order valence-electron chi connectivity index (χ4n) is 0. The maximum Gasteiger partial charge on any atom is 1.00 e. The van der Waals surface area contributed by atoms with Crippen LogP contribution in [0, 0.1) is 0 Å². The van der Waals surface area contributed by atoms with Gasteiger partial charge in [0.15, 0.2) is 0 Å². The zero-order valence-corrected chi connectivity index (χ0v) is 30.6. The molecule has 4 N–H and O–H groups in total. The first-order valence-corrected chi connectivity index (χ1v) is 1.30. The molecular formula is C2H13Na9O6. The fourth-order valence-corrected chi connectivity index (χ4v) is 0. The van der Waals surface area contributed by atoms with Gasteiger partial charge in [0.25, 0.3) is 0 Å². The first kappa shape index (κ1) is 74.2. The SMILES string of the molecule is O=C(O)O.O=C(O)O.[H-].[H-].[H-].[H-].[H-].[H-].[H-].[H-].[H-].[Na+].[Na+].[Na+].[Na+].[Na+].[Na+].[Na+].[Na+].[Na+]. The molecule has 6 nitrogen and oxygen atoms in total. The van der Waals surface area contributed by atoms with Gasteiger partial charge >= 0.3 is 278 Å². The van der Waals surface area contributed by atoms with Gasteiger partial charge < -0.3 is 33.3 Å². The molecule has 0 saturated carbocycles. The van der Waals surface area contributed by atoms with Crippen molar-refractivity contribution < 1.29 is 309 Å². The summed E-state index contributed by atoms with van der Waals surface area (Å²) in [6.45, 7) is 0. The summed E-state index contributed by atoms with van der Waals surface area (Å²) in [5, 5.41) is 27.9. The van der Waals surface area contributed by atoms with E-state index >= 15 is 0 Å². The van der Waals surface area contributed by atoms with E-state index in [1.165, 1.54) is 0 Å². The van der Waals surface area contributed by atoms with Crippen LogP contribution < -0.4 is 266 Å². The van der Waals surface area contributed by atoms with Crippen LogP contribution in [0.4, 0.5) is 9.59 Å². The number of rotatable bonds is 0. The van der Waals surface area contributed by atoms with Crippen LogP contribution in [-0.2, 0) is 0 Å². The molecule has 0 radical (unpaired) electrons. The zero-order chi connectivity index (χ0) is 7.15. The summed E-state index contributed by atoms with van der Waals surface area (Å²) >= 11 is 0. The van der Waals surface area contributed by atoms with Crippen molar-refractivity contribution in [3.63, 3.8) is 0 Å². The van der Waals surface area contributed by atoms with Crippen LogP contribution in [0.5, 0.6) is 0 Å². The maximum atomic E-state index is 8.56. The van der Waals surface area contributed by atoms with Gasteiger partial charge in [-0.3, -0.25) is 0 Å². The first-order valence-electron chi connectivity index (χ1n) is 1.30. The van der Waals surface area contributed by atoms with Crippen molar-refractivity contribution in [2.45, 2.75) is 0 Å². The van der Waals surface area contributed by atoms with Gasteiger partial charge in [0.1, 0.15) is 0 Å². The zero-order valence-electron chi connectivity index (χ0n) is 21.6. The van der Waals surface area contributed by atoms with Crippen molar-refractivity contribution in [3.8, 4) is 0 Å². The average Bonchev–Trinajstić information content (AvgIpc) is 1.25. The van der Waals surface area contributed by atoms with Gasteiger partial charge in [-0.15, -0.1) is 0 Å². The Kier molecular flexibility index (Phi) is 285.